The van der Waals surface area contributed by atoms with E-state index in [1.165, 1.54) is 29.1 Å². The minimum Gasteiger partial charge on any atom is -0.356 e. The third-order valence-electron chi connectivity index (χ3n) is 5.67. The van der Waals surface area contributed by atoms with Crippen LogP contribution in [0.25, 0.3) is 10.8 Å². The van der Waals surface area contributed by atoms with Crippen molar-refractivity contribution in [3.05, 3.63) is 81.4 Å². The molecule has 3 heterocycles. The van der Waals surface area contributed by atoms with E-state index >= 15 is 0 Å². The zero-order valence-electron chi connectivity index (χ0n) is 17.6. The fraction of sp³-hybridized carbons (Fsp3) is 0.261. The number of rotatable bonds is 5. The largest absolute Gasteiger partial charge is 0.356 e. The molecule has 0 radical (unpaired) electrons. The first kappa shape index (κ1) is 22.0. The van der Waals surface area contributed by atoms with Crippen LogP contribution in [0.1, 0.15) is 31.2 Å². The lowest BCUT2D eigenvalue weighted by Crippen LogP contribution is -2.24. The van der Waals surface area contributed by atoms with Crippen molar-refractivity contribution >= 4 is 36.5 Å². The van der Waals surface area contributed by atoms with Gasteiger partial charge in [0.15, 0.2) is 6.23 Å². The Hall–Kier alpha value is -2.82. The van der Waals surface area contributed by atoms with Crippen LogP contribution in [0.5, 0.6) is 0 Å². The fourth-order valence-electron chi connectivity index (χ4n) is 3.95. The number of ether oxygens (including phenoxy) is 1. The van der Waals surface area contributed by atoms with E-state index in [4.69, 9.17) is 4.74 Å². The van der Waals surface area contributed by atoms with Gasteiger partial charge in [0.1, 0.15) is 4.60 Å². The Kier molecular flexibility index (Phi) is 5.90. The van der Waals surface area contributed by atoms with Gasteiger partial charge in [-0.05, 0) is 71.6 Å². The van der Waals surface area contributed by atoms with Crippen LogP contribution in [0.4, 0.5) is 0 Å². The highest BCUT2D eigenvalue weighted by Crippen LogP contribution is 2.27. The molecule has 10 heteroatoms. The van der Waals surface area contributed by atoms with Crippen molar-refractivity contribution in [1.29, 1.82) is 0 Å². The first-order valence-electron chi connectivity index (χ1n) is 10.6. The van der Waals surface area contributed by atoms with Gasteiger partial charge in [0.25, 0.3) is 5.56 Å². The van der Waals surface area contributed by atoms with Crippen molar-refractivity contribution < 1.29 is 13.2 Å². The molecule has 0 saturated carbocycles. The van der Waals surface area contributed by atoms with Crippen molar-refractivity contribution in [3.8, 4) is 0 Å². The van der Waals surface area contributed by atoms with E-state index in [9.17, 15) is 13.2 Å². The van der Waals surface area contributed by atoms with Crippen LogP contribution in [0, 0.1) is 0 Å². The zero-order chi connectivity index (χ0) is 23.0. The number of halogens is 1. The van der Waals surface area contributed by atoms with Gasteiger partial charge in [-0.25, -0.2) is 17.8 Å². The van der Waals surface area contributed by atoms with Gasteiger partial charge >= 0.3 is 0 Å². The number of benzene rings is 2. The molecule has 2 aromatic carbocycles. The second-order valence-electron chi connectivity index (χ2n) is 7.90. The summed E-state index contributed by atoms with van der Waals surface area (Å²) in [5.41, 5.74) is 0.365. The predicted molar refractivity (Wildman–Crippen MR) is 126 cm³/mol. The van der Waals surface area contributed by atoms with Gasteiger partial charge in [0.05, 0.1) is 33.6 Å². The normalized spacial score (nSPS) is 16.8. The smallest absolute Gasteiger partial charge is 0.274 e. The molecule has 170 valence electrons. The number of hydrogen-bond acceptors (Lipinski definition) is 6. The second kappa shape index (κ2) is 8.85. The molecule has 1 fully saturated rings. The molecular formula is C23H21BrN4O4S. The molecule has 8 nitrogen and oxygen atoms in total. The van der Waals surface area contributed by atoms with Gasteiger partial charge in [-0.2, -0.15) is 10.2 Å². The third-order valence-corrected chi connectivity index (χ3v) is 8.03. The highest BCUT2D eigenvalue weighted by atomic mass is 79.9. The SMILES string of the molecule is O=c1c2ccc(S(=O)(=O)c3ccccc3)cc2cnn1Cc1cc(Br)n(C2CCCCO2)n1. The average Bonchev–Trinajstić information content (AvgIpc) is 3.21. The number of aromatic nitrogens is 4. The molecule has 1 aliphatic heterocycles. The van der Waals surface area contributed by atoms with Gasteiger partial charge in [-0.1, -0.05) is 18.2 Å². The highest BCUT2D eigenvalue weighted by molar-refractivity contribution is 9.10. The lowest BCUT2D eigenvalue weighted by Gasteiger charge is -2.23. The van der Waals surface area contributed by atoms with Gasteiger partial charge in [-0.3, -0.25) is 4.79 Å². The van der Waals surface area contributed by atoms with Crippen LogP contribution in [0.15, 0.2) is 80.0 Å². The Morgan fingerprint density at radius 1 is 1.06 bits per heavy atom. The molecule has 2 aromatic heterocycles. The summed E-state index contributed by atoms with van der Waals surface area (Å²) in [4.78, 5) is 13.4. The number of nitrogens with zero attached hydrogens (tertiary/aromatic N) is 4. The van der Waals surface area contributed by atoms with Crippen molar-refractivity contribution in [2.45, 2.75) is 41.8 Å². The lowest BCUT2D eigenvalue weighted by atomic mass is 10.2. The summed E-state index contributed by atoms with van der Waals surface area (Å²) in [6.07, 6.45) is 4.42. The Balaban J connectivity index is 1.45. The number of sulfone groups is 1. The van der Waals surface area contributed by atoms with Gasteiger partial charge in [-0.15, -0.1) is 0 Å². The Bertz CT molecular complexity index is 1480. The van der Waals surface area contributed by atoms with E-state index in [0.717, 1.165) is 23.9 Å². The van der Waals surface area contributed by atoms with E-state index in [2.05, 4.69) is 26.1 Å². The third kappa shape index (κ3) is 4.25. The maximum Gasteiger partial charge on any atom is 0.274 e. The Morgan fingerprint density at radius 3 is 2.64 bits per heavy atom. The summed E-state index contributed by atoms with van der Waals surface area (Å²) in [6, 6.07) is 14.5. The van der Waals surface area contributed by atoms with Crippen LogP contribution in [0.3, 0.4) is 0 Å². The first-order chi connectivity index (χ1) is 15.9. The van der Waals surface area contributed by atoms with E-state index in [0.29, 0.717) is 23.1 Å². The molecule has 0 aliphatic carbocycles. The number of fused-ring (bicyclic) bond motifs is 1. The molecule has 5 rings (SSSR count). The molecule has 0 amide bonds. The molecule has 0 bridgehead atoms. The summed E-state index contributed by atoms with van der Waals surface area (Å²) in [5, 5.41) is 9.72. The zero-order valence-corrected chi connectivity index (χ0v) is 20.0. The van der Waals surface area contributed by atoms with E-state index in [-0.39, 0.29) is 28.1 Å². The van der Waals surface area contributed by atoms with Gasteiger partial charge in [0.2, 0.25) is 9.84 Å². The monoisotopic (exact) mass is 528 g/mol. The van der Waals surface area contributed by atoms with Crippen LogP contribution in [0.2, 0.25) is 0 Å². The molecule has 1 saturated heterocycles. The minimum absolute atomic E-state index is 0.117. The number of hydrogen-bond donors (Lipinski definition) is 0. The van der Waals surface area contributed by atoms with Crippen LogP contribution < -0.4 is 5.56 Å². The summed E-state index contributed by atoms with van der Waals surface area (Å²) >= 11 is 3.53. The second-order valence-corrected chi connectivity index (χ2v) is 10.7. The fourth-order valence-corrected chi connectivity index (χ4v) is 5.84. The standard InChI is InChI=1S/C23H21BrN4O4S/c24-21-13-17(26-28(21)22-8-4-5-11-32-22)15-27-23(29)20-10-9-19(12-16(20)14-25-27)33(30,31)18-6-2-1-3-7-18/h1-3,6-7,9-10,12-14,22H,4-5,8,11,15H2. The van der Waals surface area contributed by atoms with Gasteiger partial charge < -0.3 is 4.74 Å². The van der Waals surface area contributed by atoms with Crippen molar-refractivity contribution in [2.75, 3.05) is 6.61 Å². The van der Waals surface area contributed by atoms with Crippen molar-refractivity contribution in [3.63, 3.8) is 0 Å². The quantitative estimate of drug-likeness (QED) is 0.389. The van der Waals surface area contributed by atoms with Crippen LogP contribution in [-0.4, -0.2) is 34.6 Å². The minimum atomic E-state index is -3.68. The maximum atomic E-state index is 13.0. The maximum absolute atomic E-state index is 13.0. The molecule has 33 heavy (non-hydrogen) atoms. The van der Waals surface area contributed by atoms with Gasteiger partial charge in [0, 0.05) is 12.0 Å². The molecule has 1 aliphatic rings. The van der Waals surface area contributed by atoms with Crippen LogP contribution in [-0.2, 0) is 21.1 Å². The summed E-state index contributed by atoms with van der Waals surface area (Å²) in [7, 11) is -3.68. The molecule has 4 aromatic rings. The summed E-state index contributed by atoms with van der Waals surface area (Å²) in [5.74, 6) is 0. The Labute approximate surface area is 198 Å². The average molecular weight is 529 g/mol. The van der Waals surface area contributed by atoms with Crippen molar-refractivity contribution in [1.82, 2.24) is 19.6 Å². The van der Waals surface area contributed by atoms with Crippen molar-refractivity contribution in [2.24, 2.45) is 0 Å². The molecule has 1 unspecified atom stereocenters. The predicted octanol–water partition coefficient (Wildman–Crippen LogP) is 3.94. The van der Waals surface area contributed by atoms with E-state index < -0.39 is 9.84 Å². The lowest BCUT2D eigenvalue weighted by molar-refractivity contribution is -0.0410. The first-order valence-corrected chi connectivity index (χ1v) is 12.9. The Morgan fingerprint density at radius 2 is 1.88 bits per heavy atom. The van der Waals surface area contributed by atoms with Crippen LogP contribution >= 0.6 is 15.9 Å². The molecule has 1 atom stereocenters. The topological polar surface area (TPSA) is 96.1 Å². The van der Waals surface area contributed by atoms with E-state index in [1.807, 2.05) is 6.07 Å². The summed E-state index contributed by atoms with van der Waals surface area (Å²) < 4.78 is 35.5. The molecular weight excluding hydrogens is 508 g/mol. The molecule has 0 spiro atoms. The summed E-state index contributed by atoms with van der Waals surface area (Å²) in [6.45, 7) is 0.900. The van der Waals surface area contributed by atoms with E-state index in [1.54, 1.807) is 35.0 Å². The highest BCUT2D eigenvalue weighted by Gasteiger charge is 2.21. The molecule has 0 N–H and O–H groups in total.